The second kappa shape index (κ2) is 7.19. The minimum Gasteiger partial charge on any atom is -0.336 e. The van der Waals surface area contributed by atoms with Crippen molar-refractivity contribution in [1.82, 2.24) is 15.1 Å². The molecule has 1 fully saturated rings. The molecule has 0 aliphatic carbocycles. The average Bonchev–Trinajstić information content (AvgIpc) is 2.95. The van der Waals surface area contributed by atoms with E-state index in [1.807, 2.05) is 18.2 Å². The Balaban J connectivity index is 1.57. The van der Waals surface area contributed by atoms with Crippen LogP contribution < -0.4 is 5.32 Å². The first kappa shape index (κ1) is 19.5. The van der Waals surface area contributed by atoms with Crippen LogP contribution in [0.25, 0.3) is 0 Å². The van der Waals surface area contributed by atoms with Crippen LogP contribution in [0.2, 0.25) is 5.02 Å². The van der Waals surface area contributed by atoms with Crippen molar-refractivity contribution < 1.29 is 14.4 Å². The normalized spacial score (nSPS) is 22.3. The molecular formula is C22H22ClN3O3. The van der Waals surface area contributed by atoms with E-state index in [1.54, 1.807) is 43.0 Å². The highest BCUT2D eigenvalue weighted by atomic mass is 35.5. The van der Waals surface area contributed by atoms with Crippen LogP contribution in [0.1, 0.15) is 30.5 Å². The van der Waals surface area contributed by atoms with Gasteiger partial charge in [-0.2, -0.15) is 0 Å². The molecule has 7 heteroatoms. The summed E-state index contributed by atoms with van der Waals surface area (Å²) in [6, 6.07) is 13.4. The molecule has 2 heterocycles. The number of hydrogen-bond donors (Lipinski definition) is 1. The number of urea groups is 1. The number of amides is 4. The largest absolute Gasteiger partial charge is 0.336 e. The van der Waals surface area contributed by atoms with Gasteiger partial charge < -0.3 is 10.2 Å². The SMILES string of the molecule is C[C@H](C(=O)N1CCc2ccccc2C1)N1C(=O)N[C@@](C)(c2ccccc2Cl)C1=O. The Morgan fingerprint density at radius 3 is 2.48 bits per heavy atom. The Kier molecular flexibility index (Phi) is 4.82. The van der Waals surface area contributed by atoms with E-state index in [0.717, 1.165) is 16.9 Å². The molecule has 2 aliphatic rings. The first-order valence-corrected chi connectivity index (χ1v) is 9.97. The molecule has 1 saturated heterocycles. The number of nitrogens with one attached hydrogen (secondary N) is 1. The molecule has 4 amide bonds. The fraction of sp³-hybridized carbons (Fsp3) is 0.318. The Morgan fingerprint density at radius 2 is 1.76 bits per heavy atom. The summed E-state index contributed by atoms with van der Waals surface area (Å²) in [4.78, 5) is 41.8. The van der Waals surface area contributed by atoms with E-state index in [1.165, 1.54) is 5.56 Å². The van der Waals surface area contributed by atoms with E-state index in [4.69, 9.17) is 11.6 Å². The van der Waals surface area contributed by atoms with Crippen LogP contribution in [0.4, 0.5) is 4.79 Å². The van der Waals surface area contributed by atoms with Crippen molar-refractivity contribution in [3.05, 3.63) is 70.2 Å². The van der Waals surface area contributed by atoms with Crippen LogP contribution in [0.3, 0.4) is 0 Å². The molecule has 2 aromatic rings. The van der Waals surface area contributed by atoms with Gasteiger partial charge in [-0.05, 0) is 37.5 Å². The Morgan fingerprint density at radius 1 is 1.10 bits per heavy atom. The van der Waals surface area contributed by atoms with E-state index < -0.39 is 23.5 Å². The number of carbonyl (C=O) groups is 3. The maximum Gasteiger partial charge on any atom is 0.326 e. The highest BCUT2D eigenvalue weighted by Crippen LogP contribution is 2.34. The zero-order chi connectivity index (χ0) is 20.8. The van der Waals surface area contributed by atoms with Gasteiger partial charge in [0, 0.05) is 23.7 Å². The van der Waals surface area contributed by atoms with Crippen molar-refractivity contribution in [1.29, 1.82) is 0 Å². The van der Waals surface area contributed by atoms with Crippen LogP contribution in [0.15, 0.2) is 48.5 Å². The molecule has 0 spiro atoms. The van der Waals surface area contributed by atoms with Crippen LogP contribution in [0.5, 0.6) is 0 Å². The summed E-state index contributed by atoms with van der Waals surface area (Å²) in [5.41, 5.74) is 1.52. The summed E-state index contributed by atoms with van der Waals surface area (Å²) in [5, 5.41) is 3.11. The van der Waals surface area contributed by atoms with Gasteiger partial charge in [-0.1, -0.05) is 54.1 Å². The van der Waals surface area contributed by atoms with Crippen molar-refractivity contribution in [3.63, 3.8) is 0 Å². The van der Waals surface area contributed by atoms with Gasteiger partial charge >= 0.3 is 6.03 Å². The van der Waals surface area contributed by atoms with E-state index in [9.17, 15) is 14.4 Å². The lowest BCUT2D eigenvalue weighted by atomic mass is 9.91. The quantitative estimate of drug-likeness (QED) is 0.789. The monoisotopic (exact) mass is 411 g/mol. The second-order valence-electron chi connectivity index (χ2n) is 7.66. The van der Waals surface area contributed by atoms with E-state index in [-0.39, 0.29) is 5.91 Å². The smallest absolute Gasteiger partial charge is 0.326 e. The zero-order valence-corrected chi connectivity index (χ0v) is 17.1. The topological polar surface area (TPSA) is 69.7 Å². The van der Waals surface area contributed by atoms with Crippen molar-refractivity contribution in [2.45, 2.75) is 38.4 Å². The van der Waals surface area contributed by atoms with Gasteiger partial charge in [0.05, 0.1) is 0 Å². The molecular weight excluding hydrogens is 390 g/mol. The zero-order valence-electron chi connectivity index (χ0n) is 16.3. The molecule has 4 rings (SSSR count). The molecule has 2 aliphatic heterocycles. The highest BCUT2D eigenvalue weighted by molar-refractivity contribution is 6.32. The predicted molar refractivity (Wildman–Crippen MR) is 109 cm³/mol. The number of fused-ring (bicyclic) bond motifs is 1. The summed E-state index contributed by atoms with van der Waals surface area (Å²) >= 11 is 6.27. The van der Waals surface area contributed by atoms with Crippen LogP contribution in [-0.4, -0.2) is 40.2 Å². The van der Waals surface area contributed by atoms with E-state index >= 15 is 0 Å². The van der Waals surface area contributed by atoms with Gasteiger partial charge in [-0.25, -0.2) is 9.69 Å². The van der Waals surface area contributed by atoms with Crippen molar-refractivity contribution in [3.8, 4) is 0 Å². The van der Waals surface area contributed by atoms with Gasteiger partial charge in [0.2, 0.25) is 5.91 Å². The van der Waals surface area contributed by atoms with Crippen LogP contribution in [0, 0.1) is 0 Å². The fourth-order valence-corrected chi connectivity index (χ4v) is 4.44. The molecule has 2 aromatic carbocycles. The minimum absolute atomic E-state index is 0.244. The number of halogens is 1. The molecule has 0 saturated carbocycles. The molecule has 0 unspecified atom stereocenters. The van der Waals surface area contributed by atoms with Crippen molar-refractivity contribution in [2.24, 2.45) is 0 Å². The fourth-order valence-electron chi connectivity index (χ4n) is 4.12. The number of benzene rings is 2. The second-order valence-corrected chi connectivity index (χ2v) is 8.07. The molecule has 6 nitrogen and oxygen atoms in total. The highest BCUT2D eigenvalue weighted by Gasteiger charge is 2.52. The molecule has 1 N–H and O–H groups in total. The summed E-state index contributed by atoms with van der Waals surface area (Å²) in [7, 11) is 0. The molecule has 0 bridgehead atoms. The van der Waals surface area contributed by atoms with Gasteiger partial charge in [0.15, 0.2) is 0 Å². The number of hydrogen-bond acceptors (Lipinski definition) is 3. The summed E-state index contributed by atoms with van der Waals surface area (Å²) in [6.07, 6.45) is 0.756. The number of rotatable bonds is 3. The molecule has 29 heavy (non-hydrogen) atoms. The predicted octanol–water partition coefficient (Wildman–Crippen LogP) is 3.08. The summed E-state index contributed by atoms with van der Waals surface area (Å²) in [6.45, 7) is 4.25. The number of nitrogens with zero attached hydrogens (tertiary/aromatic N) is 2. The average molecular weight is 412 g/mol. The third kappa shape index (κ3) is 3.17. The number of imide groups is 1. The summed E-state index contributed by atoms with van der Waals surface area (Å²) < 4.78 is 0. The maximum absolute atomic E-state index is 13.2. The Bertz CT molecular complexity index is 1010. The first-order chi connectivity index (χ1) is 13.8. The van der Waals surface area contributed by atoms with Crippen LogP contribution >= 0.6 is 11.6 Å². The Labute approximate surface area is 174 Å². The van der Waals surface area contributed by atoms with Crippen LogP contribution in [-0.2, 0) is 28.1 Å². The van der Waals surface area contributed by atoms with Crippen molar-refractivity contribution >= 4 is 29.4 Å². The van der Waals surface area contributed by atoms with Gasteiger partial charge in [-0.15, -0.1) is 0 Å². The number of carbonyl (C=O) groups excluding carboxylic acids is 3. The first-order valence-electron chi connectivity index (χ1n) is 9.59. The van der Waals surface area contributed by atoms with Gasteiger partial charge in [0.1, 0.15) is 11.6 Å². The molecule has 0 aromatic heterocycles. The molecule has 0 radical (unpaired) electrons. The maximum atomic E-state index is 13.2. The third-order valence-electron chi connectivity index (χ3n) is 5.82. The standard InChI is InChI=1S/C22H22ClN3O3/c1-14(19(27)25-12-11-15-7-3-4-8-16(15)13-25)26-20(28)22(2,24-21(26)29)17-9-5-6-10-18(17)23/h3-10,14H,11-13H2,1-2H3,(H,24,29)/t14-,22+/m1/s1. The van der Waals surface area contributed by atoms with E-state index in [2.05, 4.69) is 11.4 Å². The lowest BCUT2D eigenvalue weighted by molar-refractivity contribution is -0.143. The third-order valence-corrected chi connectivity index (χ3v) is 6.15. The van der Waals surface area contributed by atoms with Gasteiger partial charge in [-0.3, -0.25) is 9.59 Å². The molecule has 2 atom stereocenters. The Hall–Kier alpha value is -2.86. The lowest BCUT2D eigenvalue weighted by Crippen LogP contribution is -2.51. The lowest BCUT2D eigenvalue weighted by Gasteiger charge is -2.33. The summed E-state index contributed by atoms with van der Waals surface area (Å²) in [5.74, 6) is -0.722. The van der Waals surface area contributed by atoms with Gasteiger partial charge in [0.25, 0.3) is 5.91 Å². The van der Waals surface area contributed by atoms with E-state index in [0.29, 0.717) is 23.7 Å². The molecule has 150 valence electrons. The minimum atomic E-state index is -1.31. The van der Waals surface area contributed by atoms with Crippen molar-refractivity contribution in [2.75, 3.05) is 6.54 Å².